The van der Waals surface area contributed by atoms with E-state index < -0.39 is 17.3 Å². The van der Waals surface area contributed by atoms with Gasteiger partial charge in [-0.3, -0.25) is 4.79 Å². The Kier molecular flexibility index (Phi) is 4.98. The maximum absolute atomic E-state index is 13.6. The molecule has 0 N–H and O–H groups in total. The normalized spacial score (nSPS) is 20.5. The molecule has 0 spiro atoms. The van der Waals surface area contributed by atoms with E-state index in [1.807, 2.05) is 35.2 Å². The number of carbonyl (C=O) groups is 1. The summed E-state index contributed by atoms with van der Waals surface area (Å²) in [6.07, 6.45) is -0.846. The third kappa shape index (κ3) is 3.55. The fourth-order valence-electron chi connectivity index (χ4n) is 4.84. The summed E-state index contributed by atoms with van der Waals surface area (Å²) in [4.78, 5) is 19.7. The molecule has 2 aliphatic rings. The van der Waals surface area contributed by atoms with Gasteiger partial charge in [-0.1, -0.05) is 37.3 Å². The van der Waals surface area contributed by atoms with Gasteiger partial charge in [0.1, 0.15) is 5.69 Å². The minimum atomic E-state index is -4.52. The number of alkyl halides is 3. The zero-order valence-corrected chi connectivity index (χ0v) is 17.9. The molecule has 3 aromatic rings. The number of piperidine rings is 1. The number of hydrogen-bond acceptors (Lipinski definition) is 3. The van der Waals surface area contributed by atoms with E-state index in [1.54, 1.807) is 13.0 Å². The average molecular weight is 442 g/mol. The molecule has 1 amide bonds. The minimum absolute atomic E-state index is 0.105. The molecule has 1 aliphatic heterocycles. The standard InChI is InChI=1S/C24H25F3N4O/c1-2-18-13-20(24(25,26)27)31-21(28-18)14-19(29-31)16-7-6-12-30(15-16)22(32)23(10-11-23)17-8-4-3-5-9-17/h3-5,8-9,13-14,16H,2,6-7,10-12,15H2,1H3/t16-/m1/s1. The predicted molar refractivity (Wildman–Crippen MR) is 113 cm³/mol. The molecule has 5 rings (SSSR count). The van der Waals surface area contributed by atoms with Crippen molar-refractivity contribution in [3.05, 3.63) is 65.1 Å². The molecule has 168 valence electrons. The number of hydrogen-bond donors (Lipinski definition) is 0. The molecular formula is C24H25F3N4O. The molecule has 0 radical (unpaired) electrons. The van der Waals surface area contributed by atoms with E-state index in [-0.39, 0.29) is 17.5 Å². The van der Waals surface area contributed by atoms with Gasteiger partial charge in [-0.05, 0) is 43.7 Å². The summed E-state index contributed by atoms with van der Waals surface area (Å²) < 4.78 is 41.7. The van der Waals surface area contributed by atoms with E-state index in [0.29, 0.717) is 30.9 Å². The van der Waals surface area contributed by atoms with E-state index >= 15 is 0 Å². The van der Waals surface area contributed by atoms with Crippen molar-refractivity contribution >= 4 is 11.6 Å². The first-order chi connectivity index (χ1) is 15.3. The number of aryl methyl sites for hydroxylation is 1. The number of nitrogens with zero attached hydrogens (tertiary/aromatic N) is 4. The van der Waals surface area contributed by atoms with Crippen LogP contribution in [0.1, 0.15) is 61.2 Å². The van der Waals surface area contributed by atoms with Crippen LogP contribution in [0.5, 0.6) is 0 Å². The van der Waals surface area contributed by atoms with Gasteiger partial charge in [-0.25, -0.2) is 9.50 Å². The molecule has 8 heteroatoms. The minimum Gasteiger partial charge on any atom is -0.341 e. The Morgan fingerprint density at radius 2 is 1.94 bits per heavy atom. The number of fused-ring (bicyclic) bond motifs is 1. The highest BCUT2D eigenvalue weighted by atomic mass is 19.4. The molecular weight excluding hydrogens is 417 g/mol. The monoisotopic (exact) mass is 442 g/mol. The van der Waals surface area contributed by atoms with Crippen molar-refractivity contribution in [1.82, 2.24) is 19.5 Å². The van der Waals surface area contributed by atoms with Gasteiger partial charge >= 0.3 is 6.18 Å². The lowest BCUT2D eigenvalue weighted by molar-refractivity contribution is -0.142. The summed E-state index contributed by atoms with van der Waals surface area (Å²) in [5.41, 5.74) is 0.955. The first-order valence-electron chi connectivity index (χ1n) is 11.1. The number of aromatic nitrogens is 3. The van der Waals surface area contributed by atoms with Crippen LogP contribution in [0.3, 0.4) is 0 Å². The number of benzene rings is 1. The van der Waals surface area contributed by atoms with Gasteiger partial charge in [-0.2, -0.15) is 18.3 Å². The molecule has 3 heterocycles. The largest absolute Gasteiger partial charge is 0.433 e. The van der Waals surface area contributed by atoms with Gasteiger partial charge in [0.2, 0.25) is 5.91 Å². The molecule has 1 aliphatic carbocycles. The van der Waals surface area contributed by atoms with Crippen LogP contribution in [0.25, 0.3) is 5.65 Å². The average Bonchev–Trinajstić information content (AvgIpc) is 3.50. The van der Waals surface area contributed by atoms with Crippen molar-refractivity contribution in [3.63, 3.8) is 0 Å². The second-order valence-corrected chi connectivity index (χ2v) is 8.86. The van der Waals surface area contributed by atoms with Gasteiger partial charge in [-0.15, -0.1) is 0 Å². The van der Waals surface area contributed by atoms with Crippen LogP contribution >= 0.6 is 0 Å². The molecule has 0 bridgehead atoms. The number of likely N-dealkylation sites (tertiary alicyclic amines) is 1. The Hall–Kier alpha value is -2.90. The number of amides is 1. The van der Waals surface area contributed by atoms with Crippen LogP contribution in [0, 0.1) is 0 Å². The molecule has 2 aromatic heterocycles. The summed E-state index contributed by atoms with van der Waals surface area (Å²) in [6, 6.07) is 12.6. The molecule has 5 nitrogen and oxygen atoms in total. The maximum atomic E-state index is 13.6. The van der Waals surface area contributed by atoms with Crippen LogP contribution in [0.2, 0.25) is 0 Å². The first kappa shape index (κ1) is 21.0. The van der Waals surface area contributed by atoms with E-state index in [4.69, 9.17) is 0 Å². The summed E-state index contributed by atoms with van der Waals surface area (Å²) in [5.74, 6) is 0.0201. The van der Waals surface area contributed by atoms with Crippen LogP contribution in [0.15, 0.2) is 42.5 Å². The van der Waals surface area contributed by atoms with Gasteiger partial charge in [0.05, 0.1) is 11.1 Å². The quantitative estimate of drug-likeness (QED) is 0.586. The molecule has 32 heavy (non-hydrogen) atoms. The highest BCUT2D eigenvalue weighted by Gasteiger charge is 2.53. The van der Waals surface area contributed by atoms with Gasteiger partial charge in [0.25, 0.3) is 0 Å². The summed E-state index contributed by atoms with van der Waals surface area (Å²) in [5, 5.41) is 4.30. The van der Waals surface area contributed by atoms with Crippen molar-refractivity contribution in [3.8, 4) is 0 Å². The van der Waals surface area contributed by atoms with Gasteiger partial charge in [0.15, 0.2) is 5.65 Å². The van der Waals surface area contributed by atoms with E-state index in [2.05, 4.69) is 10.1 Å². The predicted octanol–water partition coefficient (Wildman–Crippen LogP) is 4.75. The molecule has 1 saturated carbocycles. The van der Waals surface area contributed by atoms with E-state index in [9.17, 15) is 18.0 Å². The molecule has 1 aromatic carbocycles. The fraction of sp³-hybridized carbons (Fsp3) is 0.458. The third-order valence-corrected chi connectivity index (χ3v) is 6.76. The van der Waals surface area contributed by atoms with Crippen LogP contribution in [0.4, 0.5) is 13.2 Å². The lowest BCUT2D eigenvalue weighted by Crippen LogP contribution is -2.44. The van der Waals surface area contributed by atoms with E-state index in [1.165, 1.54) is 0 Å². The van der Waals surface area contributed by atoms with Crippen molar-refractivity contribution in [2.75, 3.05) is 13.1 Å². The van der Waals surface area contributed by atoms with Crippen molar-refractivity contribution in [2.45, 2.75) is 56.5 Å². The van der Waals surface area contributed by atoms with Crippen LogP contribution in [-0.4, -0.2) is 38.5 Å². The lowest BCUT2D eigenvalue weighted by atomic mass is 9.90. The zero-order valence-electron chi connectivity index (χ0n) is 17.9. The number of carbonyl (C=O) groups excluding carboxylic acids is 1. The summed E-state index contributed by atoms with van der Waals surface area (Å²) >= 11 is 0. The molecule has 2 fully saturated rings. The summed E-state index contributed by atoms with van der Waals surface area (Å²) in [6.45, 7) is 2.92. The molecule has 0 unspecified atom stereocenters. The van der Waals surface area contributed by atoms with Crippen LogP contribution in [-0.2, 0) is 22.8 Å². The first-order valence-corrected chi connectivity index (χ1v) is 11.1. The smallest absolute Gasteiger partial charge is 0.341 e. The van der Waals surface area contributed by atoms with E-state index in [0.717, 1.165) is 41.8 Å². The topological polar surface area (TPSA) is 50.5 Å². The third-order valence-electron chi connectivity index (χ3n) is 6.76. The SMILES string of the molecule is CCc1cc(C(F)(F)F)n2nc([C@@H]3CCCN(C(=O)C4(c5ccccc5)CC4)C3)cc2n1. The van der Waals surface area contributed by atoms with Crippen molar-refractivity contribution < 1.29 is 18.0 Å². The van der Waals surface area contributed by atoms with Gasteiger partial charge in [0, 0.05) is 30.8 Å². The summed E-state index contributed by atoms with van der Waals surface area (Å²) in [7, 11) is 0. The zero-order chi connectivity index (χ0) is 22.5. The Morgan fingerprint density at radius 1 is 1.19 bits per heavy atom. The number of rotatable bonds is 4. The van der Waals surface area contributed by atoms with Gasteiger partial charge < -0.3 is 4.90 Å². The maximum Gasteiger partial charge on any atom is 0.433 e. The Balaban J connectivity index is 1.43. The highest BCUT2D eigenvalue weighted by molar-refractivity contribution is 5.91. The second kappa shape index (κ2) is 7.60. The lowest BCUT2D eigenvalue weighted by Gasteiger charge is -2.34. The Bertz CT molecular complexity index is 1150. The van der Waals surface area contributed by atoms with Crippen LogP contribution < -0.4 is 0 Å². The van der Waals surface area contributed by atoms with Crippen molar-refractivity contribution in [1.29, 1.82) is 0 Å². The number of halogens is 3. The Morgan fingerprint density at radius 3 is 2.59 bits per heavy atom. The molecule has 1 atom stereocenters. The molecule has 1 saturated heterocycles. The second-order valence-electron chi connectivity index (χ2n) is 8.86. The Labute approximate surface area is 184 Å². The highest BCUT2D eigenvalue weighted by Crippen LogP contribution is 2.50. The van der Waals surface area contributed by atoms with Crippen molar-refractivity contribution in [2.24, 2.45) is 0 Å². The fourth-order valence-corrected chi connectivity index (χ4v) is 4.84.